The van der Waals surface area contributed by atoms with E-state index < -0.39 is 24.2 Å². The maximum Gasteiger partial charge on any atom is 0.471 e. The third kappa shape index (κ3) is 5.50. The number of likely N-dealkylation sites (tertiary alicyclic amines) is 1. The first kappa shape index (κ1) is 26.8. The van der Waals surface area contributed by atoms with Crippen molar-refractivity contribution in [2.75, 3.05) is 19.6 Å². The summed E-state index contributed by atoms with van der Waals surface area (Å²) in [6.45, 7) is -0.269. The lowest BCUT2D eigenvalue weighted by Gasteiger charge is -2.38. The Labute approximate surface area is 226 Å². The Balaban J connectivity index is 1.26. The van der Waals surface area contributed by atoms with Crippen LogP contribution in [-0.2, 0) is 4.79 Å². The molecule has 0 radical (unpaired) electrons. The van der Waals surface area contributed by atoms with Crippen LogP contribution < -0.4 is 5.32 Å². The maximum absolute atomic E-state index is 13.0. The normalized spacial score (nSPS) is 15.0. The molecule has 2 amide bonds. The predicted octanol–water partition coefficient (Wildman–Crippen LogP) is 3.58. The number of carbonyl (C=O) groups is 2. The van der Waals surface area contributed by atoms with Crippen molar-refractivity contribution in [1.82, 2.24) is 24.6 Å². The van der Waals surface area contributed by atoms with Crippen LogP contribution in [0.5, 0.6) is 0 Å². The van der Waals surface area contributed by atoms with Gasteiger partial charge in [0.05, 0.1) is 41.0 Å². The Bertz CT molecular complexity index is 1600. The Morgan fingerprint density at radius 3 is 2.27 bits per heavy atom. The van der Waals surface area contributed by atoms with E-state index in [0.717, 1.165) is 16.8 Å². The van der Waals surface area contributed by atoms with E-state index in [2.05, 4.69) is 16.0 Å². The predicted molar refractivity (Wildman–Crippen MR) is 138 cm³/mol. The number of hydrogen-bond donors (Lipinski definition) is 2. The van der Waals surface area contributed by atoms with Gasteiger partial charge in [-0.05, 0) is 37.1 Å². The quantitative estimate of drug-likeness (QED) is 0.393. The fraction of sp³-hybridized carbons (Fsp3) is 0.250. The van der Waals surface area contributed by atoms with Gasteiger partial charge in [-0.2, -0.15) is 18.4 Å². The van der Waals surface area contributed by atoms with Crippen molar-refractivity contribution in [2.45, 2.75) is 24.6 Å². The summed E-state index contributed by atoms with van der Waals surface area (Å²) in [5.41, 5.74) is 3.26. The number of nitriles is 1. The first-order valence-corrected chi connectivity index (χ1v) is 12.4. The highest BCUT2D eigenvalue weighted by Crippen LogP contribution is 2.26. The molecule has 1 aliphatic rings. The van der Waals surface area contributed by atoms with Gasteiger partial charge in [-0.1, -0.05) is 24.3 Å². The highest BCUT2D eigenvalue weighted by atomic mass is 19.4. The van der Waals surface area contributed by atoms with Gasteiger partial charge >= 0.3 is 12.1 Å². The summed E-state index contributed by atoms with van der Waals surface area (Å²) in [6.07, 6.45) is 0.264. The van der Waals surface area contributed by atoms with Gasteiger partial charge in [-0.3, -0.25) is 19.0 Å². The lowest BCUT2D eigenvalue weighted by Crippen LogP contribution is -2.53. The largest absolute Gasteiger partial charge is 0.471 e. The van der Waals surface area contributed by atoms with Gasteiger partial charge in [0.25, 0.3) is 5.91 Å². The average Bonchev–Trinajstić information content (AvgIpc) is 3.39. The number of aromatic nitrogens is 3. The summed E-state index contributed by atoms with van der Waals surface area (Å²) in [4.78, 5) is 34.5. The van der Waals surface area contributed by atoms with E-state index in [4.69, 9.17) is 5.26 Å². The highest BCUT2D eigenvalue weighted by molar-refractivity contribution is 5.94. The standard InChI is InChI=1S/C28H23F3N6O3/c29-28(30,31)26(39)35-17-27(40)9-11-36(12-10-27)25(38)21-7-5-19(6-8-21)22-16-37-23(14-34-24(37)15-33-22)20-3-1-18(13-32)2-4-20/h1-8,14-16,40H,9-12,17H2,(H,35,39). The molecule has 40 heavy (non-hydrogen) atoms. The molecule has 0 unspecified atom stereocenters. The second-order valence-electron chi connectivity index (χ2n) is 9.61. The minimum Gasteiger partial charge on any atom is -0.388 e. The first-order valence-electron chi connectivity index (χ1n) is 12.4. The summed E-state index contributed by atoms with van der Waals surface area (Å²) >= 11 is 0. The van der Waals surface area contributed by atoms with Crippen LogP contribution in [0.2, 0.25) is 0 Å². The molecule has 1 aliphatic heterocycles. The average molecular weight is 549 g/mol. The Morgan fingerprint density at radius 1 is 1.00 bits per heavy atom. The zero-order valence-corrected chi connectivity index (χ0v) is 21.0. The van der Waals surface area contributed by atoms with Crippen molar-refractivity contribution in [3.63, 3.8) is 0 Å². The molecule has 1 saturated heterocycles. The third-order valence-corrected chi connectivity index (χ3v) is 6.95. The zero-order chi connectivity index (χ0) is 28.5. The van der Waals surface area contributed by atoms with E-state index in [9.17, 15) is 27.9 Å². The molecular weight excluding hydrogens is 525 g/mol. The molecule has 0 spiro atoms. The summed E-state index contributed by atoms with van der Waals surface area (Å²) < 4.78 is 39.2. The summed E-state index contributed by atoms with van der Waals surface area (Å²) in [6, 6.07) is 16.2. The van der Waals surface area contributed by atoms with E-state index in [1.54, 1.807) is 54.1 Å². The smallest absolute Gasteiger partial charge is 0.388 e. The molecule has 2 N–H and O–H groups in total. The molecule has 3 heterocycles. The number of carbonyl (C=O) groups excluding carboxylic acids is 2. The van der Waals surface area contributed by atoms with Crippen LogP contribution in [0.15, 0.2) is 67.1 Å². The van der Waals surface area contributed by atoms with Crippen LogP contribution in [0.3, 0.4) is 0 Å². The number of piperidine rings is 1. The van der Waals surface area contributed by atoms with Crippen molar-refractivity contribution < 1.29 is 27.9 Å². The minimum absolute atomic E-state index is 0.0331. The van der Waals surface area contributed by atoms with Crippen molar-refractivity contribution >= 4 is 17.5 Å². The van der Waals surface area contributed by atoms with Gasteiger partial charge in [0, 0.05) is 42.5 Å². The number of aliphatic hydroxyl groups is 1. The van der Waals surface area contributed by atoms with Gasteiger partial charge in [0.2, 0.25) is 0 Å². The number of imidazole rings is 1. The van der Waals surface area contributed by atoms with Crippen molar-refractivity contribution in [1.29, 1.82) is 5.26 Å². The molecule has 2 aromatic heterocycles. The summed E-state index contributed by atoms with van der Waals surface area (Å²) in [5, 5.41) is 21.3. The Kier molecular flexibility index (Phi) is 6.99. The fourth-order valence-electron chi connectivity index (χ4n) is 4.58. The molecule has 0 saturated carbocycles. The van der Waals surface area contributed by atoms with Gasteiger partial charge in [0.15, 0.2) is 5.65 Å². The summed E-state index contributed by atoms with van der Waals surface area (Å²) in [7, 11) is 0. The molecular formula is C28H23F3N6O3. The van der Waals surface area contributed by atoms with E-state index in [1.807, 2.05) is 22.7 Å². The molecule has 12 heteroatoms. The van der Waals surface area contributed by atoms with E-state index in [1.165, 1.54) is 4.90 Å². The summed E-state index contributed by atoms with van der Waals surface area (Å²) in [5.74, 6) is -2.37. The Morgan fingerprint density at radius 2 is 1.65 bits per heavy atom. The van der Waals surface area contributed by atoms with Gasteiger partial charge in [-0.25, -0.2) is 4.98 Å². The molecule has 204 valence electrons. The topological polar surface area (TPSA) is 124 Å². The van der Waals surface area contributed by atoms with Crippen LogP contribution in [0.25, 0.3) is 28.2 Å². The molecule has 1 fully saturated rings. The van der Waals surface area contributed by atoms with Crippen LogP contribution in [0, 0.1) is 11.3 Å². The number of alkyl halides is 3. The molecule has 4 aromatic rings. The third-order valence-electron chi connectivity index (χ3n) is 6.95. The van der Waals surface area contributed by atoms with Crippen LogP contribution in [0.4, 0.5) is 13.2 Å². The Hall–Kier alpha value is -4.76. The van der Waals surface area contributed by atoms with E-state index in [-0.39, 0.29) is 31.8 Å². The molecule has 0 aliphatic carbocycles. The number of nitrogens with one attached hydrogen (secondary N) is 1. The van der Waals surface area contributed by atoms with Crippen molar-refractivity contribution in [3.8, 4) is 28.6 Å². The minimum atomic E-state index is -5.02. The molecule has 0 bridgehead atoms. The number of benzene rings is 2. The molecule has 5 rings (SSSR count). The van der Waals surface area contributed by atoms with Crippen molar-refractivity contribution in [2.24, 2.45) is 0 Å². The number of amides is 2. The van der Waals surface area contributed by atoms with Crippen molar-refractivity contribution in [3.05, 3.63) is 78.2 Å². The van der Waals surface area contributed by atoms with Crippen LogP contribution in [-0.4, -0.2) is 67.6 Å². The van der Waals surface area contributed by atoms with E-state index in [0.29, 0.717) is 22.5 Å². The second kappa shape index (κ2) is 10.4. The van der Waals surface area contributed by atoms with Crippen LogP contribution in [0.1, 0.15) is 28.8 Å². The SMILES string of the molecule is N#Cc1ccc(-c2cnc3cnc(-c4ccc(C(=O)N5CCC(O)(CNC(=O)C(F)(F)F)CC5)cc4)cn23)cc1. The molecule has 0 atom stereocenters. The molecule has 2 aromatic carbocycles. The van der Waals surface area contributed by atoms with Gasteiger partial charge in [0.1, 0.15) is 0 Å². The van der Waals surface area contributed by atoms with Crippen LogP contribution >= 0.6 is 0 Å². The maximum atomic E-state index is 13.0. The lowest BCUT2D eigenvalue weighted by atomic mass is 9.91. The van der Waals surface area contributed by atoms with E-state index >= 15 is 0 Å². The number of halogens is 3. The second-order valence-corrected chi connectivity index (χ2v) is 9.61. The highest BCUT2D eigenvalue weighted by Gasteiger charge is 2.41. The lowest BCUT2D eigenvalue weighted by molar-refractivity contribution is -0.174. The number of nitrogens with zero attached hydrogens (tertiary/aromatic N) is 5. The first-order chi connectivity index (χ1) is 19.1. The number of fused-ring (bicyclic) bond motifs is 1. The zero-order valence-electron chi connectivity index (χ0n) is 21.0. The van der Waals surface area contributed by atoms with Gasteiger partial charge in [-0.15, -0.1) is 0 Å². The number of rotatable bonds is 5. The van der Waals surface area contributed by atoms with Gasteiger partial charge < -0.3 is 15.3 Å². The fourth-order valence-corrected chi connectivity index (χ4v) is 4.58. The molecule has 9 nitrogen and oxygen atoms in total. The monoisotopic (exact) mass is 548 g/mol. The number of hydrogen-bond acceptors (Lipinski definition) is 6.